The summed E-state index contributed by atoms with van der Waals surface area (Å²) in [5.41, 5.74) is 2.41. The van der Waals surface area contributed by atoms with Crippen LogP contribution in [0, 0.1) is 0 Å². The second-order valence-corrected chi connectivity index (χ2v) is 6.83. The maximum absolute atomic E-state index is 13.3. The van der Waals surface area contributed by atoms with Crippen LogP contribution in [0.1, 0.15) is 11.3 Å². The fourth-order valence-electron chi connectivity index (χ4n) is 3.42. The number of imide groups is 1. The van der Waals surface area contributed by atoms with E-state index in [-0.39, 0.29) is 18.1 Å². The van der Waals surface area contributed by atoms with Crippen molar-refractivity contribution >= 4 is 23.1 Å². The van der Waals surface area contributed by atoms with Crippen molar-refractivity contribution in [2.45, 2.75) is 6.54 Å². The molecular weight excluding hydrogens is 394 g/mol. The van der Waals surface area contributed by atoms with Gasteiger partial charge in [0, 0.05) is 18.0 Å². The van der Waals surface area contributed by atoms with Crippen LogP contribution in [-0.4, -0.2) is 35.9 Å². The van der Waals surface area contributed by atoms with Crippen LogP contribution >= 0.6 is 0 Å². The number of nitrogens with one attached hydrogen (secondary N) is 1. The maximum atomic E-state index is 13.3. The van der Waals surface area contributed by atoms with Gasteiger partial charge in [0.25, 0.3) is 11.8 Å². The summed E-state index contributed by atoms with van der Waals surface area (Å²) in [5, 5.41) is 3.12. The molecule has 4 rings (SSSR count). The quantitative estimate of drug-likeness (QED) is 0.595. The molecule has 0 saturated carbocycles. The fraction of sp³-hybridized carbons (Fsp3) is 0.125. The fourth-order valence-corrected chi connectivity index (χ4v) is 3.42. The third-order valence-electron chi connectivity index (χ3n) is 4.93. The van der Waals surface area contributed by atoms with Gasteiger partial charge in [-0.1, -0.05) is 36.4 Å². The van der Waals surface area contributed by atoms with E-state index in [1.54, 1.807) is 55.8 Å². The second-order valence-electron chi connectivity index (χ2n) is 6.83. The van der Waals surface area contributed by atoms with E-state index in [4.69, 9.17) is 9.47 Å². The van der Waals surface area contributed by atoms with Crippen molar-refractivity contribution in [1.29, 1.82) is 0 Å². The molecule has 0 unspecified atom stereocenters. The summed E-state index contributed by atoms with van der Waals surface area (Å²) in [7, 11) is 3.09. The van der Waals surface area contributed by atoms with E-state index in [2.05, 4.69) is 10.3 Å². The highest BCUT2D eigenvalue weighted by molar-refractivity contribution is 6.36. The third kappa shape index (κ3) is 3.98. The van der Waals surface area contributed by atoms with Crippen molar-refractivity contribution in [3.63, 3.8) is 0 Å². The van der Waals surface area contributed by atoms with Gasteiger partial charge in [-0.3, -0.25) is 19.5 Å². The van der Waals surface area contributed by atoms with Gasteiger partial charge in [0.15, 0.2) is 11.5 Å². The molecule has 0 atom stereocenters. The second kappa shape index (κ2) is 8.71. The average molecular weight is 415 g/mol. The zero-order valence-electron chi connectivity index (χ0n) is 17.2. The molecule has 1 aliphatic rings. The molecule has 3 aromatic rings. The van der Waals surface area contributed by atoms with Gasteiger partial charge in [0.2, 0.25) is 0 Å². The molecule has 7 nitrogen and oxygen atoms in total. The maximum Gasteiger partial charge on any atom is 0.278 e. The molecule has 2 amide bonds. The summed E-state index contributed by atoms with van der Waals surface area (Å²) in [5.74, 6) is 0.293. The van der Waals surface area contributed by atoms with Crippen LogP contribution in [0.5, 0.6) is 11.5 Å². The molecule has 2 heterocycles. The Morgan fingerprint density at radius 2 is 1.61 bits per heavy atom. The van der Waals surface area contributed by atoms with Crippen LogP contribution in [0.3, 0.4) is 0 Å². The molecule has 7 heteroatoms. The smallest absolute Gasteiger partial charge is 0.278 e. The number of rotatable bonds is 7. The molecule has 0 aliphatic carbocycles. The Balaban J connectivity index is 1.73. The van der Waals surface area contributed by atoms with E-state index >= 15 is 0 Å². The van der Waals surface area contributed by atoms with Gasteiger partial charge in [-0.05, 0) is 29.8 Å². The average Bonchev–Trinajstić information content (AvgIpc) is 3.04. The Morgan fingerprint density at radius 1 is 0.871 bits per heavy atom. The summed E-state index contributed by atoms with van der Waals surface area (Å²) in [6, 6.07) is 19.7. The number of nitrogens with zero attached hydrogens (tertiary/aromatic N) is 2. The van der Waals surface area contributed by atoms with Gasteiger partial charge < -0.3 is 14.8 Å². The third-order valence-corrected chi connectivity index (χ3v) is 4.93. The molecule has 31 heavy (non-hydrogen) atoms. The number of carbonyl (C=O) groups is 2. The predicted octanol–water partition coefficient (Wildman–Crippen LogP) is 3.49. The van der Waals surface area contributed by atoms with E-state index in [1.165, 1.54) is 12.0 Å². The number of benzene rings is 2. The lowest BCUT2D eigenvalue weighted by molar-refractivity contribution is -0.137. The number of methoxy groups -OCH3 is 2. The van der Waals surface area contributed by atoms with Crippen LogP contribution in [0.25, 0.3) is 5.57 Å². The number of amides is 2. The number of hydrogen-bond acceptors (Lipinski definition) is 6. The molecular formula is C24H21N3O4. The van der Waals surface area contributed by atoms with Gasteiger partial charge >= 0.3 is 0 Å². The van der Waals surface area contributed by atoms with Gasteiger partial charge in [-0.25, -0.2) is 0 Å². The Bertz CT molecular complexity index is 1140. The number of anilines is 1. The molecule has 156 valence electrons. The molecule has 1 aromatic heterocycles. The molecule has 0 fully saturated rings. The van der Waals surface area contributed by atoms with Gasteiger partial charge in [0.05, 0.1) is 32.0 Å². The predicted molar refractivity (Wildman–Crippen MR) is 116 cm³/mol. The van der Waals surface area contributed by atoms with Crippen molar-refractivity contribution in [3.8, 4) is 11.5 Å². The van der Waals surface area contributed by atoms with E-state index in [0.717, 1.165) is 0 Å². The van der Waals surface area contributed by atoms with Crippen LogP contribution in [0.15, 0.2) is 78.6 Å². The number of aromatic nitrogens is 1. The lowest BCUT2D eigenvalue weighted by Gasteiger charge is -2.15. The van der Waals surface area contributed by atoms with Crippen molar-refractivity contribution < 1.29 is 19.1 Å². The minimum absolute atomic E-state index is 0.0892. The number of carbonyl (C=O) groups excluding carboxylic acids is 2. The lowest BCUT2D eigenvalue weighted by Crippen LogP contribution is -2.32. The molecule has 1 aliphatic heterocycles. The highest BCUT2D eigenvalue weighted by Gasteiger charge is 2.39. The SMILES string of the molecule is COc1ccc(NC2=C(c3ccccc3)C(=O)N(Cc3ccccn3)C2=O)cc1OC. The minimum Gasteiger partial charge on any atom is -0.493 e. The van der Waals surface area contributed by atoms with E-state index in [1.807, 2.05) is 24.3 Å². The Morgan fingerprint density at radius 3 is 2.29 bits per heavy atom. The first-order chi connectivity index (χ1) is 15.1. The molecule has 2 aromatic carbocycles. The first kappa shape index (κ1) is 20.2. The number of pyridine rings is 1. The molecule has 0 saturated heterocycles. The van der Waals surface area contributed by atoms with E-state index < -0.39 is 5.91 Å². The summed E-state index contributed by atoms with van der Waals surface area (Å²) in [4.78, 5) is 32.0. The molecule has 1 N–H and O–H groups in total. The molecule has 0 bridgehead atoms. The number of hydrogen-bond donors (Lipinski definition) is 1. The van der Waals surface area contributed by atoms with Crippen molar-refractivity contribution in [1.82, 2.24) is 9.88 Å². The standard InChI is InChI=1S/C24H21N3O4/c1-30-19-12-11-17(14-20(19)31-2)26-22-21(16-8-4-3-5-9-16)23(28)27(24(22)29)15-18-10-6-7-13-25-18/h3-14,26H,15H2,1-2H3. The zero-order valence-corrected chi connectivity index (χ0v) is 17.2. The molecule has 0 spiro atoms. The van der Waals surface area contributed by atoms with Crippen molar-refractivity contribution in [2.75, 3.05) is 19.5 Å². The van der Waals surface area contributed by atoms with Gasteiger partial charge in [0.1, 0.15) is 5.70 Å². The summed E-state index contributed by atoms with van der Waals surface area (Å²) < 4.78 is 10.6. The van der Waals surface area contributed by atoms with E-state index in [9.17, 15) is 9.59 Å². The van der Waals surface area contributed by atoms with Gasteiger partial charge in [-0.15, -0.1) is 0 Å². The normalized spacial score (nSPS) is 13.5. The Kier molecular flexibility index (Phi) is 5.66. The first-order valence-electron chi connectivity index (χ1n) is 9.67. The van der Waals surface area contributed by atoms with Crippen LogP contribution < -0.4 is 14.8 Å². The highest BCUT2D eigenvalue weighted by atomic mass is 16.5. The van der Waals surface area contributed by atoms with Crippen LogP contribution in [-0.2, 0) is 16.1 Å². The van der Waals surface area contributed by atoms with Gasteiger partial charge in [-0.2, -0.15) is 0 Å². The number of ether oxygens (including phenoxy) is 2. The van der Waals surface area contributed by atoms with Crippen molar-refractivity contribution in [2.24, 2.45) is 0 Å². The van der Waals surface area contributed by atoms with Crippen LogP contribution in [0.4, 0.5) is 5.69 Å². The topological polar surface area (TPSA) is 80.8 Å². The van der Waals surface area contributed by atoms with Crippen molar-refractivity contribution in [3.05, 3.63) is 89.9 Å². The molecule has 0 radical (unpaired) electrons. The Labute approximate surface area is 179 Å². The highest BCUT2D eigenvalue weighted by Crippen LogP contribution is 2.34. The summed E-state index contributed by atoms with van der Waals surface area (Å²) in [6.07, 6.45) is 1.63. The van der Waals surface area contributed by atoms with E-state index in [0.29, 0.717) is 34.0 Å². The van der Waals surface area contributed by atoms with Crippen LogP contribution in [0.2, 0.25) is 0 Å². The summed E-state index contributed by atoms with van der Waals surface area (Å²) in [6.45, 7) is 0.0892. The largest absolute Gasteiger partial charge is 0.493 e. The minimum atomic E-state index is -0.413. The lowest BCUT2D eigenvalue weighted by atomic mass is 10.0. The first-order valence-corrected chi connectivity index (χ1v) is 9.67. The Hall–Kier alpha value is -4.13. The monoisotopic (exact) mass is 415 g/mol. The zero-order chi connectivity index (χ0) is 21.8. The summed E-state index contributed by atoms with van der Waals surface area (Å²) >= 11 is 0.